The van der Waals surface area contributed by atoms with E-state index in [1.54, 1.807) is 0 Å². The van der Waals surface area contributed by atoms with Crippen LogP contribution in [0, 0.1) is 0 Å². The molecular formula is C53H30N4O2. The second kappa shape index (κ2) is 12.2. The molecule has 0 radical (unpaired) electrons. The summed E-state index contributed by atoms with van der Waals surface area (Å²) in [7, 11) is 0. The zero-order valence-electron chi connectivity index (χ0n) is 31.4. The third-order valence-electron chi connectivity index (χ3n) is 11.8. The van der Waals surface area contributed by atoms with Crippen molar-refractivity contribution >= 4 is 87.2 Å². The normalized spacial score (nSPS) is 12.1. The summed E-state index contributed by atoms with van der Waals surface area (Å²) in [5.74, 6) is 1.68. The summed E-state index contributed by atoms with van der Waals surface area (Å²) in [5.41, 5.74) is 9.17. The van der Waals surface area contributed by atoms with E-state index < -0.39 is 0 Å². The molecule has 0 aliphatic rings. The Morgan fingerprint density at radius 1 is 0.356 bits per heavy atom. The maximum absolute atomic E-state index is 6.64. The molecule has 13 aromatic rings. The van der Waals surface area contributed by atoms with Crippen molar-refractivity contribution in [2.24, 2.45) is 0 Å². The molecule has 0 aliphatic heterocycles. The van der Waals surface area contributed by atoms with Crippen LogP contribution in [0.4, 0.5) is 0 Å². The van der Waals surface area contributed by atoms with Crippen LogP contribution in [0.15, 0.2) is 191 Å². The molecule has 274 valence electrons. The minimum atomic E-state index is 0.559. The molecule has 4 heterocycles. The predicted molar refractivity (Wildman–Crippen MR) is 240 cm³/mol. The maximum atomic E-state index is 6.64. The first-order valence-electron chi connectivity index (χ1n) is 19.8. The highest BCUT2D eigenvalue weighted by Crippen LogP contribution is 2.44. The monoisotopic (exact) mass is 754 g/mol. The van der Waals surface area contributed by atoms with Crippen molar-refractivity contribution in [1.29, 1.82) is 0 Å². The Labute approximate surface area is 336 Å². The van der Waals surface area contributed by atoms with E-state index in [4.69, 9.17) is 23.8 Å². The Hall–Kier alpha value is -8.09. The Morgan fingerprint density at radius 2 is 0.797 bits per heavy atom. The highest BCUT2D eigenvalue weighted by atomic mass is 16.3. The van der Waals surface area contributed by atoms with Crippen molar-refractivity contribution in [3.05, 3.63) is 182 Å². The Balaban J connectivity index is 1.13. The van der Waals surface area contributed by atoms with Crippen LogP contribution in [0.25, 0.3) is 127 Å². The fourth-order valence-electron chi connectivity index (χ4n) is 9.20. The van der Waals surface area contributed by atoms with Crippen LogP contribution in [-0.2, 0) is 0 Å². The summed E-state index contributed by atoms with van der Waals surface area (Å²) >= 11 is 0. The molecule has 13 rings (SSSR count). The summed E-state index contributed by atoms with van der Waals surface area (Å²) in [5, 5.41) is 10.5. The van der Waals surface area contributed by atoms with Gasteiger partial charge in [0.15, 0.2) is 17.5 Å². The lowest BCUT2D eigenvalue weighted by molar-refractivity contribution is 0.672. The summed E-state index contributed by atoms with van der Waals surface area (Å²) < 4.78 is 15.6. The molecule has 0 aliphatic carbocycles. The summed E-state index contributed by atoms with van der Waals surface area (Å²) in [6.07, 6.45) is 0. The van der Waals surface area contributed by atoms with E-state index in [1.807, 2.05) is 24.3 Å². The highest BCUT2D eigenvalue weighted by Gasteiger charge is 2.23. The molecule has 0 N–H and O–H groups in total. The van der Waals surface area contributed by atoms with Crippen LogP contribution in [0.5, 0.6) is 0 Å². The van der Waals surface area contributed by atoms with E-state index in [-0.39, 0.29) is 0 Å². The summed E-state index contributed by atoms with van der Waals surface area (Å²) in [6.45, 7) is 0. The van der Waals surface area contributed by atoms with Gasteiger partial charge in [-0.25, -0.2) is 15.0 Å². The number of para-hydroxylation sites is 4. The second-order valence-corrected chi connectivity index (χ2v) is 15.1. The smallest absolute Gasteiger partial charge is 0.164 e. The number of fused-ring (bicyclic) bond motifs is 13. The summed E-state index contributed by atoms with van der Waals surface area (Å²) in [4.78, 5) is 16.2. The highest BCUT2D eigenvalue weighted by molar-refractivity contribution is 6.22. The van der Waals surface area contributed by atoms with Gasteiger partial charge in [0.2, 0.25) is 0 Å². The minimum absolute atomic E-state index is 0.559. The molecule has 0 spiro atoms. The zero-order valence-corrected chi connectivity index (χ0v) is 31.4. The third kappa shape index (κ3) is 4.71. The number of furan rings is 2. The Kier molecular flexibility index (Phi) is 6.63. The number of hydrogen-bond donors (Lipinski definition) is 0. The van der Waals surface area contributed by atoms with Crippen LogP contribution >= 0.6 is 0 Å². The van der Waals surface area contributed by atoms with Gasteiger partial charge in [-0.3, -0.25) is 0 Å². The maximum Gasteiger partial charge on any atom is 0.164 e. The van der Waals surface area contributed by atoms with Crippen molar-refractivity contribution in [2.45, 2.75) is 0 Å². The van der Waals surface area contributed by atoms with E-state index in [0.717, 1.165) is 98.8 Å². The first kappa shape index (κ1) is 32.0. The molecule has 6 heteroatoms. The van der Waals surface area contributed by atoms with Gasteiger partial charge in [0.25, 0.3) is 0 Å². The second-order valence-electron chi connectivity index (χ2n) is 15.1. The minimum Gasteiger partial charge on any atom is -0.455 e. The average Bonchev–Trinajstić information content (AvgIpc) is 3.99. The van der Waals surface area contributed by atoms with Crippen LogP contribution < -0.4 is 0 Å². The lowest BCUT2D eigenvalue weighted by atomic mass is 9.98. The van der Waals surface area contributed by atoms with Crippen molar-refractivity contribution in [3.8, 4) is 39.9 Å². The van der Waals surface area contributed by atoms with Crippen LogP contribution in [0.1, 0.15) is 0 Å². The zero-order chi connectivity index (χ0) is 38.6. The van der Waals surface area contributed by atoms with Crippen molar-refractivity contribution in [3.63, 3.8) is 0 Å². The topological polar surface area (TPSA) is 69.9 Å². The van der Waals surface area contributed by atoms with Crippen molar-refractivity contribution in [2.75, 3.05) is 0 Å². The predicted octanol–water partition coefficient (Wildman–Crippen LogP) is 14.1. The van der Waals surface area contributed by atoms with E-state index in [1.165, 1.54) is 10.8 Å². The molecule has 0 fully saturated rings. The number of aromatic nitrogens is 4. The fourth-order valence-corrected chi connectivity index (χ4v) is 9.20. The number of nitrogens with zero attached hydrogens (tertiary/aromatic N) is 4. The van der Waals surface area contributed by atoms with Crippen LogP contribution in [0.2, 0.25) is 0 Å². The number of rotatable bonds is 4. The quantitative estimate of drug-likeness (QED) is 0.179. The molecule has 0 atom stereocenters. The van der Waals surface area contributed by atoms with E-state index in [9.17, 15) is 0 Å². The lowest BCUT2D eigenvalue weighted by Gasteiger charge is -2.13. The molecule has 9 aromatic carbocycles. The van der Waals surface area contributed by atoms with Gasteiger partial charge >= 0.3 is 0 Å². The van der Waals surface area contributed by atoms with Gasteiger partial charge in [-0.1, -0.05) is 133 Å². The Morgan fingerprint density at radius 3 is 1.34 bits per heavy atom. The van der Waals surface area contributed by atoms with E-state index in [2.05, 4.69) is 162 Å². The standard InChI is InChI=1S/C53H30N4O2/c1-3-18-35-31(14-1)29-41(47-39-22-7-11-26-45(39)58-49(35)47)52-54-51(33-16-13-17-34(28-33)57-43-24-9-5-20-37(43)38-21-6-10-25-44(38)57)55-53(56-52)42-30-32-15-2-4-19-36(32)50-48(42)40-23-8-12-27-46(40)59-50/h1-30H. The third-order valence-corrected chi connectivity index (χ3v) is 11.8. The van der Waals surface area contributed by atoms with Gasteiger partial charge < -0.3 is 13.4 Å². The number of benzene rings is 9. The molecule has 59 heavy (non-hydrogen) atoms. The summed E-state index contributed by atoms with van der Waals surface area (Å²) in [6, 6.07) is 63.1. The van der Waals surface area contributed by atoms with E-state index in [0.29, 0.717) is 17.5 Å². The molecule has 0 unspecified atom stereocenters. The lowest BCUT2D eigenvalue weighted by Crippen LogP contribution is -2.02. The molecular weight excluding hydrogens is 725 g/mol. The van der Waals surface area contributed by atoms with Gasteiger partial charge in [-0.05, 0) is 59.3 Å². The van der Waals surface area contributed by atoms with Crippen LogP contribution in [-0.4, -0.2) is 19.5 Å². The molecule has 6 nitrogen and oxygen atoms in total. The number of hydrogen-bond acceptors (Lipinski definition) is 5. The van der Waals surface area contributed by atoms with Gasteiger partial charge in [-0.15, -0.1) is 0 Å². The molecule has 0 saturated carbocycles. The molecule has 0 bridgehead atoms. The fraction of sp³-hybridized carbons (Fsp3) is 0. The van der Waals surface area contributed by atoms with Crippen molar-refractivity contribution < 1.29 is 8.83 Å². The average molecular weight is 755 g/mol. The van der Waals surface area contributed by atoms with Gasteiger partial charge in [0.1, 0.15) is 22.3 Å². The van der Waals surface area contributed by atoms with Gasteiger partial charge in [0, 0.05) is 65.5 Å². The van der Waals surface area contributed by atoms with Crippen LogP contribution in [0.3, 0.4) is 0 Å². The van der Waals surface area contributed by atoms with Crippen molar-refractivity contribution in [1.82, 2.24) is 19.5 Å². The van der Waals surface area contributed by atoms with Gasteiger partial charge in [-0.2, -0.15) is 0 Å². The van der Waals surface area contributed by atoms with Gasteiger partial charge in [0.05, 0.1) is 11.0 Å². The molecule has 4 aromatic heterocycles. The first-order valence-corrected chi connectivity index (χ1v) is 19.8. The Bertz CT molecular complexity index is 3650. The molecule has 0 amide bonds. The van der Waals surface area contributed by atoms with E-state index >= 15 is 0 Å². The molecule has 0 saturated heterocycles. The first-order chi connectivity index (χ1) is 29.2. The SMILES string of the molecule is c1cc(-c2nc(-c3cc4ccccc4c4oc5ccccc5c34)nc(-c3cc4ccccc4c4oc5ccccc5c34)n2)cc(-n2c3ccccc3c3ccccc32)c1. The largest absolute Gasteiger partial charge is 0.455 e.